The van der Waals surface area contributed by atoms with E-state index in [4.69, 9.17) is 4.74 Å². The van der Waals surface area contributed by atoms with Gasteiger partial charge in [0.2, 0.25) is 0 Å². The highest BCUT2D eigenvalue weighted by molar-refractivity contribution is 8.03. The Bertz CT molecular complexity index is 233. The molecule has 16 heavy (non-hydrogen) atoms. The van der Waals surface area contributed by atoms with E-state index in [1.807, 2.05) is 13.8 Å². The van der Waals surface area contributed by atoms with Crippen molar-refractivity contribution in [3.8, 4) is 0 Å². The molecular weight excluding hydrogens is 248 g/mol. The fraction of sp³-hybridized carbons (Fsp3) is 0.800. The lowest BCUT2D eigenvalue weighted by atomic mass is 10.5. The van der Waals surface area contributed by atoms with Gasteiger partial charge in [-0.25, -0.2) is 0 Å². The highest BCUT2D eigenvalue weighted by Gasteiger charge is 2.13. The van der Waals surface area contributed by atoms with Crippen molar-refractivity contribution in [3.63, 3.8) is 0 Å². The topological polar surface area (TPSA) is 52.6 Å². The summed E-state index contributed by atoms with van der Waals surface area (Å²) in [6.45, 7) is 5.04. The molecule has 0 radical (unpaired) electrons. The first-order valence-corrected chi connectivity index (χ1v) is 7.05. The number of hydrogen-bond donors (Lipinski definition) is 0. The van der Waals surface area contributed by atoms with E-state index in [1.165, 1.54) is 25.8 Å². The second-order valence-corrected chi connectivity index (χ2v) is 5.94. The molecule has 0 aliphatic rings. The van der Waals surface area contributed by atoms with Gasteiger partial charge in [-0.05, 0) is 13.8 Å². The number of hydrogen-bond acceptors (Lipinski definition) is 6. The highest BCUT2D eigenvalue weighted by Crippen LogP contribution is 2.17. The lowest BCUT2D eigenvalue weighted by Gasteiger charge is -2.12. The van der Waals surface area contributed by atoms with E-state index in [-0.39, 0.29) is 22.6 Å². The normalized spacial score (nSPS) is 14.0. The molecule has 0 rings (SSSR count). The van der Waals surface area contributed by atoms with Crippen molar-refractivity contribution >= 4 is 35.5 Å². The Labute approximate surface area is 105 Å². The summed E-state index contributed by atoms with van der Waals surface area (Å²) in [5.74, 6) is 1.19. The average Bonchev–Trinajstić information content (AvgIpc) is 2.21. The van der Waals surface area contributed by atoms with Crippen molar-refractivity contribution in [1.29, 1.82) is 0 Å². The molecule has 0 spiro atoms. The molecule has 0 saturated carbocycles. The Hall–Kier alpha value is -0.360. The summed E-state index contributed by atoms with van der Waals surface area (Å²) in [7, 11) is 1.39. The first-order valence-electron chi connectivity index (χ1n) is 4.95. The summed E-state index contributed by atoms with van der Waals surface area (Å²) in [5.41, 5.74) is -0.133. The highest BCUT2D eigenvalue weighted by atomic mass is 32.2. The molecule has 0 bridgehead atoms. The van der Waals surface area contributed by atoms with Gasteiger partial charge >= 0.3 is 11.9 Å². The van der Waals surface area contributed by atoms with Gasteiger partial charge in [-0.1, -0.05) is 0 Å². The second-order valence-electron chi connectivity index (χ2n) is 3.08. The Morgan fingerprint density at radius 1 is 1.19 bits per heavy atom. The van der Waals surface area contributed by atoms with Gasteiger partial charge in [-0.3, -0.25) is 9.59 Å². The minimum absolute atomic E-state index is 0.133. The van der Waals surface area contributed by atoms with Crippen LogP contribution in [0.5, 0.6) is 0 Å². The number of rotatable bonds is 7. The maximum absolute atomic E-state index is 11.1. The van der Waals surface area contributed by atoms with Crippen LogP contribution in [0.1, 0.15) is 20.8 Å². The van der Waals surface area contributed by atoms with Crippen molar-refractivity contribution < 1.29 is 19.1 Å². The van der Waals surface area contributed by atoms with Crippen LogP contribution in [0.4, 0.5) is 0 Å². The Balaban J connectivity index is 3.52. The number of ether oxygens (including phenoxy) is 2. The first kappa shape index (κ1) is 15.6. The molecule has 4 nitrogen and oxygen atoms in total. The molecule has 2 atom stereocenters. The van der Waals surface area contributed by atoms with Gasteiger partial charge in [-0.2, -0.15) is 0 Å². The third kappa shape index (κ3) is 7.87. The van der Waals surface area contributed by atoms with Crippen molar-refractivity contribution in [2.24, 2.45) is 0 Å². The lowest BCUT2D eigenvalue weighted by molar-refractivity contribution is -0.142. The predicted octanol–water partition coefficient (Wildman–Crippen LogP) is 1.92. The minimum Gasteiger partial charge on any atom is -0.468 e. The van der Waals surface area contributed by atoms with E-state index in [9.17, 15) is 9.59 Å². The molecule has 2 unspecified atom stereocenters. The zero-order chi connectivity index (χ0) is 12.6. The average molecular weight is 266 g/mol. The van der Waals surface area contributed by atoms with Crippen LogP contribution in [0, 0.1) is 0 Å². The fourth-order valence-electron chi connectivity index (χ4n) is 0.941. The van der Waals surface area contributed by atoms with Crippen molar-refractivity contribution in [2.75, 3.05) is 18.6 Å². The zero-order valence-electron chi connectivity index (χ0n) is 10.0. The van der Waals surface area contributed by atoms with Crippen LogP contribution in [0.25, 0.3) is 0 Å². The number of thioether (sulfide) groups is 2. The Morgan fingerprint density at radius 2 is 1.75 bits per heavy atom. The number of esters is 2. The van der Waals surface area contributed by atoms with Gasteiger partial charge in [0.1, 0.15) is 5.44 Å². The number of carbonyl (C=O) groups excluding carboxylic acids is 2. The van der Waals surface area contributed by atoms with Gasteiger partial charge in [0, 0.05) is 18.4 Å². The van der Waals surface area contributed by atoms with Gasteiger partial charge in [0.25, 0.3) is 0 Å². The fourth-order valence-corrected chi connectivity index (χ4v) is 2.83. The largest absolute Gasteiger partial charge is 0.468 e. The third-order valence-electron chi connectivity index (χ3n) is 1.67. The molecule has 0 saturated heterocycles. The van der Waals surface area contributed by atoms with Crippen LogP contribution in [0.2, 0.25) is 0 Å². The summed E-state index contributed by atoms with van der Waals surface area (Å²) < 4.78 is 9.56. The van der Waals surface area contributed by atoms with Crippen molar-refractivity contribution in [3.05, 3.63) is 0 Å². The zero-order valence-corrected chi connectivity index (χ0v) is 11.7. The van der Waals surface area contributed by atoms with E-state index in [0.717, 1.165) is 11.5 Å². The summed E-state index contributed by atoms with van der Waals surface area (Å²) in [5, 5.41) is -0.144. The second kappa shape index (κ2) is 8.75. The molecule has 0 aromatic carbocycles. The predicted molar refractivity (Wildman–Crippen MR) is 67.6 cm³/mol. The lowest BCUT2D eigenvalue weighted by Crippen LogP contribution is -2.16. The molecule has 0 N–H and O–H groups in total. The molecule has 0 heterocycles. The van der Waals surface area contributed by atoms with Crippen LogP contribution in [-0.2, 0) is 19.1 Å². The third-order valence-corrected chi connectivity index (χ3v) is 4.06. The van der Waals surface area contributed by atoms with E-state index in [2.05, 4.69) is 4.74 Å². The van der Waals surface area contributed by atoms with E-state index in [1.54, 1.807) is 11.8 Å². The Kier molecular flexibility index (Phi) is 8.56. The number of methoxy groups -OCH3 is 1. The monoisotopic (exact) mass is 266 g/mol. The van der Waals surface area contributed by atoms with E-state index >= 15 is 0 Å². The molecule has 0 amide bonds. The molecule has 0 fully saturated rings. The van der Waals surface area contributed by atoms with E-state index in [0.29, 0.717) is 0 Å². The van der Waals surface area contributed by atoms with Crippen LogP contribution < -0.4 is 0 Å². The maximum Gasteiger partial charge on any atom is 0.318 e. The summed E-state index contributed by atoms with van der Waals surface area (Å²) in [4.78, 5) is 21.7. The van der Waals surface area contributed by atoms with Gasteiger partial charge in [0.05, 0.1) is 12.4 Å². The molecule has 94 valence electrons. The quantitative estimate of drug-likeness (QED) is 0.399. The van der Waals surface area contributed by atoms with Crippen LogP contribution in [-0.4, -0.2) is 41.2 Å². The minimum atomic E-state index is -0.268. The maximum atomic E-state index is 11.1. The molecule has 0 aromatic rings. The molecule has 0 aromatic heterocycles. The SMILES string of the molecule is COC(=O)C(C)SCCSC(C)OC(C)=O. The van der Waals surface area contributed by atoms with Crippen molar-refractivity contribution in [1.82, 2.24) is 0 Å². The van der Waals surface area contributed by atoms with Crippen LogP contribution >= 0.6 is 23.5 Å². The van der Waals surface area contributed by atoms with Crippen LogP contribution in [0.15, 0.2) is 0 Å². The number of carbonyl (C=O) groups is 2. The smallest absolute Gasteiger partial charge is 0.318 e. The standard InChI is InChI=1S/C10H18O4S2/c1-7(10(12)13-4)15-5-6-16-9(3)14-8(2)11/h7,9H,5-6H2,1-4H3. The van der Waals surface area contributed by atoms with E-state index < -0.39 is 0 Å². The molecular formula is C10H18O4S2. The summed E-state index contributed by atoms with van der Waals surface area (Å²) in [6, 6.07) is 0. The van der Waals surface area contributed by atoms with Gasteiger partial charge in [-0.15, -0.1) is 23.5 Å². The molecule has 0 aliphatic carbocycles. The molecule has 6 heteroatoms. The summed E-state index contributed by atoms with van der Waals surface area (Å²) >= 11 is 3.08. The van der Waals surface area contributed by atoms with Gasteiger partial charge < -0.3 is 9.47 Å². The van der Waals surface area contributed by atoms with Crippen molar-refractivity contribution in [2.45, 2.75) is 31.5 Å². The first-order chi connectivity index (χ1) is 7.47. The van der Waals surface area contributed by atoms with Gasteiger partial charge in [0.15, 0.2) is 0 Å². The Morgan fingerprint density at radius 3 is 2.25 bits per heavy atom. The van der Waals surface area contributed by atoms with Crippen LogP contribution in [0.3, 0.4) is 0 Å². The molecule has 0 aliphatic heterocycles. The summed E-state index contributed by atoms with van der Waals surface area (Å²) in [6.07, 6.45) is 0.